The predicted octanol–water partition coefficient (Wildman–Crippen LogP) is 5.15. The van der Waals surface area contributed by atoms with Gasteiger partial charge in [0.1, 0.15) is 0 Å². The number of benzene rings is 1. The number of hydrogen-bond donors (Lipinski definition) is 0. The second kappa shape index (κ2) is 9.68. The lowest BCUT2D eigenvalue weighted by Gasteiger charge is -2.59. The standard InChI is InChI=1S/C30H35NO8/c1-18(32)30(39-26(34)17-38-27(35)19-4-7-21(8-5-19)31(36)37)15-12-25-23-9-6-20-16-22(33)10-13-28(20,2)24(23)11-14-29(25,30)3/h4-5,7-8,16,23-25H,6,9-15,17H2,1-3H3/t23-,24+,25+,28+,29+,30+/m1/s1. The predicted molar refractivity (Wildman–Crippen MR) is 140 cm³/mol. The molecule has 0 amide bonds. The molecule has 0 saturated heterocycles. The molecule has 1 aromatic carbocycles. The Bertz CT molecular complexity index is 1270. The second-order valence-electron chi connectivity index (χ2n) is 12.2. The number of nitrogens with zero attached hydrogens (tertiary/aromatic N) is 1. The molecule has 4 aliphatic rings. The molecule has 0 aliphatic heterocycles. The van der Waals surface area contributed by atoms with Crippen LogP contribution in [-0.4, -0.2) is 40.6 Å². The normalized spacial score (nSPS) is 35.1. The molecule has 0 bridgehead atoms. The zero-order valence-corrected chi connectivity index (χ0v) is 22.7. The van der Waals surface area contributed by atoms with Gasteiger partial charge in [0.25, 0.3) is 5.69 Å². The number of fused-ring (bicyclic) bond motifs is 5. The quantitative estimate of drug-likeness (QED) is 0.277. The van der Waals surface area contributed by atoms with Gasteiger partial charge in [-0.2, -0.15) is 0 Å². The van der Waals surface area contributed by atoms with Crippen LogP contribution in [0, 0.1) is 38.7 Å². The highest BCUT2D eigenvalue weighted by molar-refractivity contribution is 5.93. The zero-order valence-electron chi connectivity index (χ0n) is 22.7. The number of allylic oxidation sites excluding steroid dienone is 1. The summed E-state index contributed by atoms with van der Waals surface area (Å²) in [6, 6.07) is 4.89. The molecule has 3 saturated carbocycles. The molecular formula is C30H35NO8. The largest absolute Gasteiger partial charge is 0.450 e. The SMILES string of the molecule is CC(=O)[C@@]1(OC(=O)COC(=O)c2ccc([N+](=O)[O-])cc2)CC[C@H]2[C@@H]3CCC4=CC(=O)CC[C@]4(C)[C@H]3CC[C@@]21C. The van der Waals surface area contributed by atoms with Crippen molar-refractivity contribution < 1.29 is 33.6 Å². The summed E-state index contributed by atoms with van der Waals surface area (Å²) < 4.78 is 11.1. The van der Waals surface area contributed by atoms with E-state index < -0.39 is 34.5 Å². The average Bonchev–Trinajstić information content (AvgIpc) is 3.20. The summed E-state index contributed by atoms with van der Waals surface area (Å²) in [5.74, 6) is -0.516. The summed E-state index contributed by atoms with van der Waals surface area (Å²) >= 11 is 0. The Hall–Kier alpha value is -3.36. The van der Waals surface area contributed by atoms with E-state index in [0.717, 1.165) is 38.5 Å². The van der Waals surface area contributed by atoms with E-state index in [1.165, 1.54) is 36.8 Å². The Labute approximate surface area is 227 Å². The minimum Gasteiger partial charge on any atom is -0.450 e. The van der Waals surface area contributed by atoms with Crippen molar-refractivity contribution in [2.75, 3.05) is 6.61 Å². The van der Waals surface area contributed by atoms with Crippen LogP contribution in [0.15, 0.2) is 35.9 Å². The van der Waals surface area contributed by atoms with Gasteiger partial charge in [-0.1, -0.05) is 19.4 Å². The molecule has 0 radical (unpaired) electrons. The van der Waals surface area contributed by atoms with Crippen molar-refractivity contribution in [1.82, 2.24) is 0 Å². The smallest absolute Gasteiger partial charge is 0.345 e. The summed E-state index contributed by atoms with van der Waals surface area (Å²) in [4.78, 5) is 61.0. The van der Waals surface area contributed by atoms with Crippen LogP contribution < -0.4 is 0 Å². The van der Waals surface area contributed by atoms with Gasteiger partial charge >= 0.3 is 11.9 Å². The highest BCUT2D eigenvalue weighted by Crippen LogP contribution is 2.68. The maximum atomic E-state index is 13.2. The third kappa shape index (κ3) is 4.30. The number of Topliss-reactive ketones (excluding diaryl/α,β-unsaturated/α-hetero) is 1. The first-order valence-corrected chi connectivity index (χ1v) is 13.8. The first-order chi connectivity index (χ1) is 18.4. The lowest BCUT2D eigenvalue weighted by atomic mass is 9.46. The monoisotopic (exact) mass is 537 g/mol. The molecular weight excluding hydrogens is 502 g/mol. The van der Waals surface area contributed by atoms with Gasteiger partial charge in [0.05, 0.1) is 10.5 Å². The number of nitro benzene ring substituents is 1. The van der Waals surface area contributed by atoms with Crippen molar-refractivity contribution in [1.29, 1.82) is 0 Å². The summed E-state index contributed by atoms with van der Waals surface area (Å²) in [7, 11) is 0. The number of rotatable bonds is 6. The van der Waals surface area contributed by atoms with Crippen LogP contribution >= 0.6 is 0 Å². The number of ketones is 2. The van der Waals surface area contributed by atoms with E-state index in [2.05, 4.69) is 13.8 Å². The van der Waals surface area contributed by atoms with Crippen LogP contribution in [0.5, 0.6) is 0 Å². The van der Waals surface area contributed by atoms with Crippen molar-refractivity contribution in [2.24, 2.45) is 28.6 Å². The molecule has 6 atom stereocenters. The lowest BCUT2D eigenvalue weighted by Crippen LogP contribution is -2.59. The summed E-state index contributed by atoms with van der Waals surface area (Å²) in [6.07, 6.45) is 8.05. The van der Waals surface area contributed by atoms with Crippen molar-refractivity contribution in [3.05, 3.63) is 51.6 Å². The molecule has 4 aliphatic carbocycles. The topological polar surface area (TPSA) is 130 Å². The molecule has 0 aromatic heterocycles. The maximum absolute atomic E-state index is 13.2. The van der Waals surface area contributed by atoms with E-state index in [1.54, 1.807) is 0 Å². The maximum Gasteiger partial charge on any atom is 0.345 e. The molecule has 0 N–H and O–H groups in total. The number of esters is 2. The van der Waals surface area contributed by atoms with Gasteiger partial charge in [0.15, 0.2) is 23.8 Å². The molecule has 208 valence electrons. The van der Waals surface area contributed by atoms with E-state index in [9.17, 15) is 29.3 Å². The van der Waals surface area contributed by atoms with Gasteiger partial charge in [-0.25, -0.2) is 9.59 Å². The number of ether oxygens (including phenoxy) is 2. The molecule has 9 heteroatoms. The molecule has 0 heterocycles. The number of carbonyl (C=O) groups is 4. The van der Waals surface area contributed by atoms with E-state index >= 15 is 0 Å². The first-order valence-electron chi connectivity index (χ1n) is 13.8. The van der Waals surface area contributed by atoms with Crippen molar-refractivity contribution in [2.45, 2.75) is 77.7 Å². The number of non-ortho nitro benzene ring substituents is 1. The van der Waals surface area contributed by atoms with E-state index in [1.807, 2.05) is 6.08 Å². The fourth-order valence-corrected chi connectivity index (χ4v) is 8.53. The summed E-state index contributed by atoms with van der Waals surface area (Å²) in [5.41, 5.74) is -0.615. The second-order valence-corrected chi connectivity index (χ2v) is 12.2. The third-order valence-corrected chi connectivity index (χ3v) is 10.6. The lowest BCUT2D eigenvalue weighted by molar-refractivity contribution is -0.384. The van der Waals surface area contributed by atoms with Gasteiger partial charge < -0.3 is 9.47 Å². The molecule has 3 fully saturated rings. The van der Waals surface area contributed by atoms with Gasteiger partial charge in [-0.15, -0.1) is 0 Å². The highest BCUT2D eigenvalue weighted by Gasteiger charge is 2.67. The Morgan fingerprint density at radius 3 is 2.36 bits per heavy atom. The average molecular weight is 538 g/mol. The summed E-state index contributed by atoms with van der Waals surface area (Å²) in [5, 5.41) is 10.8. The van der Waals surface area contributed by atoms with Gasteiger partial charge in [0.2, 0.25) is 0 Å². The number of hydrogen-bond acceptors (Lipinski definition) is 8. The van der Waals surface area contributed by atoms with Gasteiger partial charge in [0, 0.05) is 24.0 Å². The minimum absolute atomic E-state index is 0.00236. The van der Waals surface area contributed by atoms with Crippen LogP contribution in [0.2, 0.25) is 0 Å². The summed E-state index contributed by atoms with van der Waals surface area (Å²) in [6.45, 7) is 5.21. The van der Waals surface area contributed by atoms with Crippen molar-refractivity contribution in [3.63, 3.8) is 0 Å². The fraction of sp³-hybridized carbons (Fsp3) is 0.600. The van der Waals surface area contributed by atoms with Gasteiger partial charge in [-0.05, 0) is 93.2 Å². The Morgan fingerprint density at radius 2 is 1.69 bits per heavy atom. The fourth-order valence-electron chi connectivity index (χ4n) is 8.53. The minimum atomic E-state index is -1.28. The molecule has 0 unspecified atom stereocenters. The van der Waals surface area contributed by atoms with Crippen molar-refractivity contribution in [3.8, 4) is 0 Å². The molecule has 39 heavy (non-hydrogen) atoms. The molecule has 0 spiro atoms. The third-order valence-electron chi connectivity index (χ3n) is 10.6. The van der Waals surface area contributed by atoms with Crippen LogP contribution in [-0.2, 0) is 23.9 Å². The molecule has 1 aromatic rings. The van der Waals surface area contributed by atoms with E-state index in [4.69, 9.17) is 9.47 Å². The highest BCUT2D eigenvalue weighted by atomic mass is 16.6. The van der Waals surface area contributed by atoms with E-state index in [0.29, 0.717) is 24.7 Å². The van der Waals surface area contributed by atoms with Crippen LogP contribution in [0.4, 0.5) is 5.69 Å². The van der Waals surface area contributed by atoms with Crippen LogP contribution in [0.3, 0.4) is 0 Å². The van der Waals surface area contributed by atoms with Gasteiger partial charge in [-0.3, -0.25) is 19.7 Å². The first kappa shape index (κ1) is 27.2. The number of carbonyl (C=O) groups excluding carboxylic acids is 4. The Balaban J connectivity index is 1.30. The van der Waals surface area contributed by atoms with E-state index in [-0.39, 0.29) is 34.2 Å². The van der Waals surface area contributed by atoms with Crippen LogP contribution in [0.1, 0.15) is 82.5 Å². The molecule has 5 rings (SSSR count). The number of nitro groups is 1. The Kier molecular flexibility index (Phi) is 6.75. The Morgan fingerprint density at radius 1 is 1.00 bits per heavy atom. The van der Waals surface area contributed by atoms with Crippen molar-refractivity contribution >= 4 is 29.2 Å². The molecule has 9 nitrogen and oxygen atoms in total. The zero-order chi connectivity index (χ0) is 28.2. The van der Waals surface area contributed by atoms with Crippen LogP contribution in [0.25, 0.3) is 0 Å².